The van der Waals surface area contributed by atoms with Gasteiger partial charge in [0.15, 0.2) is 5.16 Å². The van der Waals surface area contributed by atoms with Gasteiger partial charge in [-0.1, -0.05) is 25.1 Å². The summed E-state index contributed by atoms with van der Waals surface area (Å²) in [6.45, 7) is 2.24. The van der Waals surface area contributed by atoms with Crippen molar-refractivity contribution in [3.63, 3.8) is 0 Å². The molecular formula is C12H19N3OS. The lowest BCUT2D eigenvalue weighted by atomic mass is 9.88. The van der Waals surface area contributed by atoms with E-state index in [1.165, 1.54) is 31.0 Å². The molecule has 0 aromatic carbocycles. The van der Waals surface area contributed by atoms with Gasteiger partial charge >= 0.3 is 0 Å². The van der Waals surface area contributed by atoms with Crippen LogP contribution in [0.4, 0.5) is 5.82 Å². The molecule has 1 aliphatic carbocycles. The molecule has 0 amide bonds. The number of hydrogen-bond acceptors (Lipinski definition) is 5. The van der Waals surface area contributed by atoms with E-state index in [-0.39, 0.29) is 6.10 Å². The fourth-order valence-electron chi connectivity index (χ4n) is 2.18. The molecular weight excluding hydrogens is 234 g/mol. The predicted molar refractivity (Wildman–Crippen MR) is 70.3 cm³/mol. The number of aromatic nitrogens is 2. The van der Waals surface area contributed by atoms with Crippen molar-refractivity contribution < 1.29 is 4.74 Å². The number of anilines is 1. The maximum Gasteiger partial charge on any atom is 0.219 e. The van der Waals surface area contributed by atoms with Crippen LogP contribution in [0.5, 0.6) is 5.88 Å². The van der Waals surface area contributed by atoms with Crippen LogP contribution in [0.15, 0.2) is 11.2 Å². The highest BCUT2D eigenvalue weighted by atomic mass is 32.2. The average molecular weight is 253 g/mol. The van der Waals surface area contributed by atoms with Crippen molar-refractivity contribution in [2.75, 3.05) is 12.0 Å². The van der Waals surface area contributed by atoms with Crippen LogP contribution in [0.2, 0.25) is 0 Å². The monoisotopic (exact) mass is 253 g/mol. The van der Waals surface area contributed by atoms with Crippen LogP contribution < -0.4 is 10.5 Å². The topological polar surface area (TPSA) is 61.0 Å². The van der Waals surface area contributed by atoms with Crippen LogP contribution >= 0.6 is 11.8 Å². The van der Waals surface area contributed by atoms with E-state index in [1.807, 2.05) is 6.26 Å². The fraction of sp³-hybridized carbons (Fsp3) is 0.667. The van der Waals surface area contributed by atoms with Gasteiger partial charge in [0.2, 0.25) is 5.88 Å². The van der Waals surface area contributed by atoms with E-state index in [2.05, 4.69) is 16.9 Å². The van der Waals surface area contributed by atoms with Gasteiger partial charge < -0.3 is 10.5 Å². The third-order valence-electron chi connectivity index (χ3n) is 3.19. The summed E-state index contributed by atoms with van der Waals surface area (Å²) >= 11 is 1.48. The van der Waals surface area contributed by atoms with Gasteiger partial charge in [-0.15, -0.1) is 0 Å². The Hall–Kier alpha value is -0.970. The molecule has 2 atom stereocenters. The number of nitrogens with zero attached hydrogens (tertiary/aromatic N) is 2. The summed E-state index contributed by atoms with van der Waals surface area (Å²) in [6, 6.07) is 1.71. The zero-order chi connectivity index (χ0) is 12.3. The SMILES string of the molecule is CSc1nc(N)cc(OC2CCCCC2C)n1. The molecule has 17 heavy (non-hydrogen) atoms. The third-order valence-corrected chi connectivity index (χ3v) is 3.74. The number of rotatable bonds is 3. The second-order valence-corrected chi connectivity index (χ2v) is 5.31. The van der Waals surface area contributed by atoms with Gasteiger partial charge in [-0.2, -0.15) is 4.98 Å². The summed E-state index contributed by atoms with van der Waals surface area (Å²) in [7, 11) is 0. The van der Waals surface area contributed by atoms with Gasteiger partial charge in [0.25, 0.3) is 0 Å². The molecule has 1 aromatic rings. The molecule has 1 aliphatic rings. The van der Waals surface area contributed by atoms with Gasteiger partial charge in [0, 0.05) is 6.07 Å². The number of thioether (sulfide) groups is 1. The summed E-state index contributed by atoms with van der Waals surface area (Å²) in [5, 5.41) is 0.670. The summed E-state index contributed by atoms with van der Waals surface area (Å²) < 4.78 is 5.95. The van der Waals surface area contributed by atoms with Crippen molar-refractivity contribution in [1.82, 2.24) is 9.97 Å². The van der Waals surface area contributed by atoms with Crippen LogP contribution in [-0.4, -0.2) is 22.3 Å². The van der Waals surface area contributed by atoms with E-state index < -0.39 is 0 Å². The first-order valence-electron chi connectivity index (χ1n) is 6.04. The first kappa shape index (κ1) is 12.5. The second-order valence-electron chi connectivity index (χ2n) is 4.54. The summed E-state index contributed by atoms with van der Waals surface area (Å²) in [4.78, 5) is 8.44. The maximum absolute atomic E-state index is 5.95. The highest BCUT2D eigenvalue weighted by Gasteiger charge is 2.23. The number of nitrogen functional groups attached to an aromatic ring is 1. The molecule has 0 spiro atoms. The van der Waals surface area contributed by atoms with Gasteiger partial charge in [0.05, 0.1) is 0 Å². The molecule has 2 rings (SSSR count). The smallest absolute Gasteiger partial charge is 0.219 e. The molecule has 0 bridgehead atoms. The molecule has 4 nitrogen and oxygen atoms in total. The van der Waals surface area contributed by atoms with Gasteiger partial charge in [-0.3, -0.25) is 0 Å². The van der Waals surface area contributed by atoms with Crippen molar-refractivity contribution in [2.45, 2.75) is 43.9 Å². The quantitative estimate of drug-likeness (QED) is 0.663. The van der Waals surface area contributed by atoms with Gasteiger partial charge in [0.1, 0.15) is 11.9 Å². The normalized spacial score (nSPS) is 24.6. The minimum absolute atomic E-state index is 0.271. The molecule has 1 fully saturated rings. The Morgan fingerprint density at radius 1 is 1.35 bits per heavy atom. The number of nitrogens with two attached hydrogens (primary N) is 1. The first-order valence-corrected chi connectivity index (χ1v) is 7.26. The Balaban J connectivity index is 2.09. The van der Waals surface area contributed by atoms with Crippen LogP contribution in [-0.2, 0) is 0 Å². The Morgan fingerprint density at radius 3 is 2.82 bits per heavy atom. The van der Waals surface area contributed by atoms with Crippen molar-refractivity contribution >= 4 is 17.6 Å². The minimum atomic E-state index is 0.271. The van der Waals surface area contributed by atoms with Crippen molar-refractivity contribution in [1.29, 1.82) is 0 Å². The molecule has 94 valence electrons. The van der Waals surface area contributed by atoms with Gasteiger partial charge in [-0.05, 0) is 31.4 Å². The molecule has 2 N–H and O–H groups in total. The molecule has 5 heteroatoms. The zero-order valence-electron chi connectivity index (χ0n) is 10.3. The Labute approximate surface area is 106 Å². The lowest BCUT2D eigenvalue weighted by molar-refractivity contribution is 0.0967. The standard InChI is InChI=1S/C12H19N3OS/c1-8-5-3-4-6-9(8)16-11-7-10(13)14-12(15-11)17-2/h7-9H,3-6H2,1-2H3,(H2,13,14,15). The van der Waals surface area contributed by atoms with Gasteiger partial charge in [-0.25, -0.2) is 4.98 Å². The Bertz CT molecular complexity index is 386. The van der Waals surface area contributed by atoms with E-state index in [4.69, 9.17) is 10.5 Å². The van der Waals surface area contributed by atoms with Crippen molar-refractivity contribution in [3.05, 3.63) is 6.07 Å². The summed E-state index contributed by atoms with van der Waals surface area (Å²) in [5.74, 6) is 1.68. The van der Waals surface area contributed by atoms with E-state index >= 15 is 0 Å². The lowest BCUT2D eigenvalue weighted by Gasteiger charge is -2.28. The molecule has 2 unspecified atom stereocenters. The number of hydrogen-bond donors (Lipinski definition) is 1. The molecule has 1 heterocycles. The van der Waals surface area contributed by atoms with E-state index in [0.717, 1.165) is 6.42 Å². The maximum atomic E-state index is 5.95. The minimum Gasteiger partial charge on any atom is -0.474 e. The third kappa shape index (κ3) is 3.25. The molecule has 0 aliphatic heterocycles. The first-order chi connectivity index (χ1) is 8.19. The summed E-state index contributed by atoms with van der Waals surface area (Å²) in [6.07, 6.45) is 7.10. The van der Waals surface area contributed by atoms with Crippen molar-refractivity contribution in [2.24, 2.45) is 5.92 Å². The highest BCUT2D eigenvalue weighted by Crippen LogP contribution is 2.28. The molecule has 0 radical (unpaired) electrons. The van der Waals surface area contributed by atoms with E-state index in [9.17, 15) is 0 Å². The molecule has 1 aromatic heterocycles. The van der Waals surface area contributed by atoms with Crippen LogP contribution in [0.1, 0.15) is 32.6 Å². The Kier molecular flexibility index (Phi) is 4.10. The molecule has 0 saturated heterocycles. The van der Waals surface area contributed by atoms with E-state index in [0.29, 0.717) is 22.8 Å². The summed E-state index contributed by atoms with van der Waals surface area (Å²) in [5.41, 5.74) is 5.73. The van der Waals surface area contributed by atoms with Crippen molar-refractivity contribution in [3.8, 4) is 5.88 Å². The number of ether oxygens (including phenoxy) is 1. The fourth-order valence-corrected chi connectivity index (χ4v) is 2.56. The lowest BCUT2D eigenvalue weighted by Crippen LogP contribution is -2.28. The Morgan fingerprint density at radius 2 is 2.12 bits per heavy atom. The van der Waals surface area contributed by atoms with E-state index in [1.54, 1.807) is 6.07 Å². The van der Waals surface area contributed by atoms with Crippen LogP contribution in [0.25, 0.3) is 0 Å². The van der Waals surface area contributed by atoms with Crippen LogP contribution in [0.3, 0.4) is 0 Å². The highest BCUT2D eigenvalue weighted by molar-refractivity contribution is 7.98. The molecule has 1 saturated carbocycles. The predicted octanol–water partition coefficient (Wildman–Crippen LogP) is 2.74. The second kappa shape index (κ2) is 5.58. The largest absolute Gasteiger partial charge is 0.474 e. The van der Waals surface area contributed by atoms with Crippen LogP contribution in [0, 0.1) is 5.92 Å². The zero-order valence-corrected chi connectivity index (χ0v) is 11.2. The average Bonchev–Trinajstić information content (AvgIpc) is 2.31.